The van der Waals surface area contributed by atoms with Crippen molar-refractivity contribution in [1.82, 2.24) is 5.32 Å². The normalized spacial score (nSPS) is 13.3. The molecule has 23 heavy (non-hydrogen) atoms. The van der Waals surface area contributed by atoms with Crippen LogP contribution in [-0.2, 0) is 15.0 Å². The molecule has 0 spiro atoms. The van der Waals surface area contributed by atoms with Crippen molar-refractivity contribution < 1.29 is 32.6 Å². The van der Waals surface area contributed by atoms with Gasteiger partial charge < -0.3 is 15.2 Å². The molecule has 0 aromatic heterocycles. The largest absolute Gasteiger partial charge is 0.496 e. The van der Waals surface area contributed by atoms with Gasteiger partial charge in [0.2, 0.25) is 5.91 Å². The molecule has 0 heterocycles. The van der Waals surface area contributed by atoms with Crippen molar-refractivity contribution in [2.24, 2.45) is 0 Å². The van der Waals surface area contributed by atoms with E-state index in [0.29, 0.717) is 11.3 Å². The van der Waals surface area contributed by atoms with E-state index in [9.17, 15) is 22.8 Å². The number of benzene rings is 1. The number of rotatable bonds is 6. The van der Waals surface area contributed by atoms with E-state index < -0.39 is 35.9 Å². The van der Waals surface area contributed by atoms with Crippen LogP contribution in [-0.4, -0.2) is 36.3 Å². The van der Waals surface area contributed by atoms with Gasteiger partial charge in [0.1, 0.15) is 11.8 Å². The van der Waals surface area contributed by atoms with Crippen molar-refractivity contribution in [2.75, 3.05) is 7.11 Å². The lowest BCUT2D eigenvalue weighted by Gasteiger charge is -2.28. The van der Waals surface area contributed by atoms with Crippen molar-refractivity contribution in [1.29, 1.82) is 0 Å². The quantitative estimate of drug-likeness (QED) is 0.839. The Kier molecular flexibility index (Phi) is 5.63. The lowest BCUT2D eigenvalue weighted by atomic mass is 9.82. The van der Waals surface area contributed by atoms with E-state index in [2.05, 4.69) is 0 Å². The highest BCUT2D eigenvalue weighted by Crippen LogP contribution is 2.32. The third-order valence-electron chi connectivity index (χ3n) is 3.39. The number of ether oxygens (including phenoxy) is 1. The molecule has 0 aliphatic rings. The number of halogens is 3. The molecule has 8 heteroatoms. The van der Waals surface area contributed by atoms with E-state index in [0.717, 1.165) is 0 Å². The van der Waals surface area contributed by atoms with Gasteiger partial charge in [-0.1, -0.05) is 18.2 Å². The van der Waals surface area contributed by atoms with Crippen LogP contribution in [0.25, 0.3) is 0 Å². The first-order chi connectivity index (χ1) is 10.5. The molecule has 1 rings (SSSR count). The number of carboxylic acids is 1. The molecule has 1 atom stereocenters. The lowest BCUT2D eigenvalue weighted by Crippen LogP contribution is -2.49. The van der Waals surface area contributed by atoms with E-state index in [4.69, 9.17) is 9.84 Å². The molecule has 128 valence electrons. The van der Waals surface area contributed by atoms with Crippen LogP contribution in [0.2, 0.25) is 0 Å². The summed E-state index contributed by atoms with van der Waals surface area (Å²) in [5.74, 6) is -2.19. The highest BCUT2D eigenvalue weighted by molar-refractivity contribution is 5.91. The molecule has 0 saturated carbocycles. The summed E-state index contributed by atoms with van der Waals surface area (Å²) in [6, 6.07) is 4.49. The van der Waals surface area contributed by atoms with Gasteiger partial charge in [-0.3, -0.25) is 4.79 Å². The first-order valence-corrected chi connectivity index (χ1v) is 6.73. The molecule has 2 N–H and O–H groups in total. The summed E-state index contributed by atoms with van der Waals surface area (Å²) in [7, 11) is 1.40. The highest BCUT2D eigenvalue weighted by Gasteiger charge is 2.40. The Hall–Kier alpha value is -2.25. The number of hydrogen-bond acceptors (Lipinski definition) is 3. The van der Waals surface area contributed by atoms with Gasteiger partial charge in [0, 0.05) is 5.56 Å². The Morgan fingerprint density at radius 2 is 1.83 bits per heavy atom. The highest BCUT2D eigenvalue weighted by atomic mass is 19.4. The van der Waals surface area contributed by atoms with Crippen LogP contribution in [0.1, 0.15) is 25.8 Å². The van der Waals surface area contributed by atoms with Gasteiger partial charge in [-0.15, -0.1) is 0 Å². The molecular weight excluding hydrogens is 315 g/mol. The predicted octanol–water partition coefficient (Wildman–Crippen LogP) is 2.49. The predicted molar refractivity (Wildman–Crippen MR) is 76.3 cm³/mol. The van der Waals surface area contributed by atoms with Crippen LogP contribution in [0.3, 0.4) is 0 Å². The number of nitrogens with one attached hydrogen (secondary N) is 1. The maximum Gasteiger partial charge on any atom is 0.391 e. The van der Waals surface area contributed by atoms with Crippen molar-refractivity contribution in [3.63, 3.8) is 0 Å². The maximum absolute atomic E-state index is 12.4. The molecule has 0 radical (unpaired) electrons. The summed E-state index contributed by atoms with van der Waals surface area (Å²) in [4.78, 5) is 23.3. The smallest absolute Gasteiger partial charge is 0.391 e. The molecule has 1 aromatic carbocycles. The lowest BCUT2D eigenvalue weighted by molar-refractivity contribution is -0.160. The monoisotopic (exact) mass is 333 g/mol. The molecule has 1 aromatic rings. The van der Waals surface area contributed by atoms with Crippen molar-refractivity contribution >= 4 is 11.9 Å². The number of methoxy groups -OCH3 is 1. The van der Waals surface area contributed by atoms with E-state index >= 15 is 0 Å². The van der Waals surface area contributed by atoms with E-state index in [1.165, 1.54) is 21.0 Å². The number of alkyl halides is 3. The van der Waals surface area contributed by atoms with Gasteiger partial charge in [0.15, 0.2) is 0 Å². The van der Waals surface area contributed by atoms with E-state index in [-0.39, 0.29) is 0 Å². The SMILES string of the molecule is COc1ccccc1C(C)(C)C(=O)NC(CC(F)(F)F)C(=O)O. The van der Waals surface area contributed by atoms with Gasteiger partial charge in [0.25, 0.3) is 0 Å². The van der Waals surface area contributed by atoms with Crippen LogP contribution in [0.4, 0.5) is 13.2 Å². The summed E-state index contributed by atoms with van der Waals surface area (Å²) in [5.41, 5.74) is -0.831. The summed E-state index contributed by atoms with van der Waals surface area (Å²) >= 11 is 0. The molecule has 0 aliphatic heterocycles. The van der Waals surface area contributed by atoms with Crippen LogP contribution in [0, 0.1) is 0 Å². The summed E-state index contributed by atoms with van der Waals surface area (Å²) in [5, 5.41) is 10.8. The van der Waals surface area contributed by atoms with Crippen LogP contribution in [0.5, 0.6) is 5.75 Å². The second-order valence-electron chi connectivity index (χ2n) is 5.51. The second kappa shape index (κ2) is 6.89. The number of aliphatic carboxylic acids is 1. The van der Waals surface area contributed by atoms with E-state index in [1.807, 2.05) is 5.32 Å². The van der Waals surface area contributed by atoms with Crippen LogP contribution < -0.4 is 10.1 Å². The molecule has 0 bridgehead atoms. The van der Waals surface area contributed by atoms with Crippen LogP contribution in [0.15, 0.2) is 24.3 Å². The van der Waals surface area contributed by atoms with Crippen molar-refractivity contribution in [3.8, 4) is 5.75 Å². The maximum atomic E-state index is 12.4. The molecule has 0 aliphatic carbocycles. The topological polar surface area (TPSA) is 75.6 Å². The fraction of sp³-hybridized carbons (Fsp3) is 0.467. The number of carboxylic acid groups (broad SMARTS) is 1. The number of carbonyl (C=O) groups excluding carboxylic acids is 1. The first-order valence-electron chi connectivity index (χ1n) is 6.73. The average Bonchev–Trinajstić information content (AvgIpc) is 2.44. The number of hydrogen-bond donors (Lipinski definition) is 2. The fourth-order valence-corrected chi connectivity index (χ4v) is 2.05. The molecule has 1 amide bonds. The zero-order valence-corrected chi connectivity index (χ0v) is 12.9. The van der Waals surface area contributed by atoms with Crippen LogP contribution >= 0.6 is 0 Å². The van der Waals surface area contributed by atoms with Crippen molar-refractivity contribution in [2.45, 2.75) is 37.9 Å². The minimum atomic E-state index is -4.70. The second-order valence-corrected chi connectivity index (χ2v) is 5.51. The molecular formula is C15H18F3NO4. The number of amides is 1. The summed E-state index contributed by atoms with van der Waals surface area (Å²) in [6.45, 7) is 2.96. The van der Waals surface area contributed by atoms with Gasteiger partial charge in [-0.05, 0) is 19.9 Å². The van der Waals surface area contributed by atoms with Crippen molar-refractivity contribution in [3.05, 3.63) is 29.8 Å². The Morgan fingerprint density at radius 1 is 1.26 bits per heavy atom. The zero-order chi connectivity index (χ0) is 17.8. The zero-order valence-electron chi connectivity index (χ0n) is 12.9. The molecule has 1 unspecified atom stereocenters. The third-order valence-corrected chi connectivity index (χ3v) is 3.39. The Balaban J connectivity index is 3.03. The molecule has 0 saturated heterocycles. The van der Waals surface area contributed by atoms with Gasteiger partial charge in [-0.25, -0.2) is 4.79 Å². The van der Waals surface area contributed by atoms with Gasteiger partial charge >= 0.3 is 12.1 Å². The fourth-order valence-electron chi connectivity index (χ4n) is 2.05. The number of carbonyl (C=O) groups is 2. The average molecular weight is 333 g/mol. The summed E-state index contributed by atoms with van der Waals surface area (Å²) in [6.07, 6.45) is -6.35. The standard InChI is InChI=1S/C15H18F3NO4/c1-14(2,9-6-4-5-7-11(9)23-3)13(22)19-10(12(20)21)8-15(16,17)18/h4-7,10H,8H2,1-3H3,(H,19,22)(H,20,21). The van der Waals surface area contributed by atoms with Gasteiger partial charge in [-0.2, -0.15) is 13.2 Å². The minimum absolute atomic E-state index is 0.385. The third kappa shape index (κ3) is 4.87. The molecule has 0 fully saturated rings. The Morgan fingerprint density at radius 3 is 2.30 bits per heavy atom. The molecule has 5 nitrogen and oxygen atoms in total. The Labute approximate surface area is 131 Å². The minimum Gasteiger partial charge on any atom is -0.496 e. The number of para-hydroxylation sites is 1. The first kappa shape index (κ1) is 18.8. The summed E-state index contributed by atoms with van der Waals surface area (Å²) < 4.78 is 42.4. The Bertz CT molecular complexity index is 584. The van der Waals surface area contributed by atoms with E-state index in [1.54, 1.807) is 24.3 Å². The van der Waals surface area contributed by atoms with Gasteiger partial charge in [0.05, 0.1) is 18.9 Å².